The van der Waals surface area contributed by atoms with Crippen molar-refractivity contribution in [2.75, 3.05) is 13.1 Å². The molecule has 5 heteroatoms. The van der Waals surface area contributed by atoms with Crippen molar-refractivity contribution in [1.82, 2.24) is 4.90 Å². The third-order valence-electron chi connectivity index (χ3n) is 2.79. The van der Waals surface area contributed by atoms with E-state index in [0.717, 1.165) is 25.0 Å². The first-order valence-corrected chi connectivity index (χ1v) is 5.59. The van der Waals surface area contributed by atoms with Gasteiger partial charge in [-0.2, -0.15) is 0 Å². The summed E-state index contributed by atoms with van der Waals surface area (Å²) in [6, 6.07) is 3.41. The molecule has 0 spiro atoms. The number of rotatable bonds is 4. The number of benzene rings is 1. The van der Waals surface area contributed by atoms with E-state index in [2.05, 4.69) is 0 Å². The van der Waals surface area contributed by atoms with E-state index >= 15 is 0 Å². The van der Waals surface area contributed by atoms with E-state index in [1.807, 2.05) is 0 Å². The van der Waals surface area contributed by atoms with Crippen molar-refractivity contribution in [2.24, 2.45) is 5.73 Å². The number of carbonyl (C=O) groups excluding carboxylic acids is 1. The molecule has 1 aromatic rings. The number of hydrogen-bond acceptors (Lipinski definition) is 2. The number of nitrogens with zero attached hydrogens (tertiary/aromatic N) is 1. The van der Waals surface area contributed by atoms with Crippen LogP contribution in [0, 0.1) is 11.6 Å². The number of carbonyl (C=O) groups is 1. The summed E-state index contributed by atoms with van der Waals surface area (Å²) in [4.78, 5) is 13.7. The Kier molecular flexibility index (Phi) is 3.38. The van der Waals surface area contributed by atoms with Gasteiger partial charge in [-0.3, -0.25) is 4.79 Å². The van der Waals surface area contributed by atoms with Gasteiger partial charge in [-0.05, 0) is 31.0 Å². The molecule has 3 nitrogen and oxygen atoms in total. The Labute approximate surface area is 98.2 Å². The van der Waals surface area contributed by atoms with Gasteiger partial charge >= 0.3 is 0 Å². The summed E-state index contributed by atoms with van der Waals surface area (Å²) < 4.78 is 25.8. The SMILES string of the molecule is NCCN(C(=O)c1ccc(F)c(F)c1)C1CC1. The second-order valence-corrected chi connectivity index (χ2v) is 4.15. The number of hydrogen-bond donors (Lipinski definition) is 1. The van der Waals surface area contributed by atoms with Crippen LogP contribution in [-0.4, -0.2) is 29.9 Å². The molecule has 92 valence electrons. The second kappa shape index (κ2) is 4.79. The van der Waals surface area contributed by atoms with Crippen LogP contribution >= 0.6 is 0 Å². The smallest absolute Gasteiger partial charge is 0.254 e. The van der Waals surface area contributed by atoms with Crippen LogP contribution in [0.25, 0.3) is 0 Å². The first kappa shape index (κ1) is 12.0. The second-order valence-electron chi connectivity index (χ2n) is 4.15. The molecule has 0 radical (unpaired) electrons. The lowest BCUT2D eigenvalue weighted by Crippen LogP contribution is -2.37. The summed E-state index contributed by atoms with van der Waals surface area (Å²) in [6.45, 7) is 0.814. The average molecular weight is 240 g/mol. The van der Waals surface area contributed by atoms with Crippen molar-refractivity contribution in [3.8, 4) is 0 Å². The van der Waals surface area contributed by atoms with Crippen molar-refractivity contribution < 1.29 is 13.6 Å². The van der Waals surface area contributed by atoms with Crippen LogP contribution < -0.4 is 5.73 Å². The quantitative estimate of drug-likeness (QED) is 0.867. The summed E-state index contributed by atoms with van der Waals surface area (Å²) in [6.07, 6.45) is 1.91. The Morgan fingerprint density at radius 1 is 1.35 bits per heavy atom. The fraction of sp³-hybridized carbons (Fsp3) is 0.417. The highest BCUT2D eigenvalue weighted by molar-refractivity contribution is 5.94. The molecule has 1 saturated carbocycles. The maximum atomic E-state index is 13.0. The van der Waals surface area contributed by atoms with E-state index in [1.165, 1.54) is 6.07 Å². The molecule has 1 aliphatic rings. The fourth-order valence-electron chi connectivity index (χ4n) is 1.77. The molecule has 0 atom stereocenters. The Hall–Kier alpha value is -1.49. The standard InChI is InChI=1S/C12H14F2N2O/c13-10-4-1-8(7-11(10)14)12(17)16(6-5-15)9-2-3-9/h1,4,7,9H,2-3,5-6,15H2. The lowest BCUT2D eigenvalue weighted by Gasteiger charge is -2.21. The Balaban J connectivity index is 2.19. The molecule has 1 aliphatic carbocycles. The largest absolute Gasteiger partial charge is 0.334 e. The predicted octanol–water partition coefficient (Wildman–Crippen LogP) is 1.53. The molecule has 1 fully saturated rings. The highest BCUT2D eigenvalue weighted by atomic mass is 19.2. The average Bonchev–Trinajstić information content (AvgIpc) is 3.13. The molecule has 17 heavy (non-hydrogen) atoms. The maximum Gasteiger partial charge on any atom is 0.254 e. The normalized spacial score (nSPS) is 14.8. The third kappa shape index (κ3) is 2.61. The van der Waals surface area contributed by atoms with Gasteiger partial charge in [-0.15, -0.1) is 0 Å². The van der Waals surface area contributed by atoms with E-state index in [1.54, 1.807) is 4.90 Å². The lowest BCUT2D eigenvalue weighted by molar-refractivity contribution is 0.0747. The third-order valence-corrected chi connectivity index (χ3v) is 2.79. The maximum absolute atomic E-state index is 13.0. The van der Waals surface area contributed by atoms with E-state index in [-0.39, 0.29) is 17.5 Å². The van der Waals surface area contributed by atoms with Gasteiger partial charge in [0.25, 0.3) is 5.91 Å². The summed E-state index contributed by atoms with van der Waals surface area (Å²) in [5, 5.41) is 0. The van der Waals surface area contributed by atoms with Crippen LogP contribution in [0.2, 0.25) is 0 Å². The van der Waals surface area contributed by atoms with Crippen molar-refractivity contribution in [2.45, 2.75) is 18.9 Å². The van der Waals surface area contributed by atoms with E-state index in [4.69, 9.17) is 5.73 Å². The van der Waals surface area contributed by atoms with Gasteiger partial charge in [0, 0.05) is 24.7 Å². The van der Waals surface area contributed by atoms with Crippen LogP contribution in [-0.2, 0) is 0 Å². The first-order chi connectivity index (χ1) is 8.13. The minimum Gasteiger partial charge on any atom is -0.334 e. The van der Waals surface area contributed by atoms with Gasteiger partial charge in [0.15, 0.2) is 11.6 Å². The minimum atomic E-state index is -1.00. The molecule has 0 unspecified atom stereocenters. The zero-order valence-corrected chi connectivity index (χ0v) is 9.33. The Morgan fingerprint density at radius 2 is 2.06 bits per heavy atom. The highest BCUT2D eigenvalue weighted by Crippen LogP contribution is 2.28. The molecule has 0 bridgehead atoms. The molecule has 0 aliphatic heterocycles. The Bertz CT molecular complexity index is 433. The monoisotopic (exact) mass is 240 g/mol. The fourth-order valence-corrected chi connectivity index (χ4v) is 1.77. The molecular weight excluding hydrogens is 226 g/mol. The summed E-state index contributed by atoms with van der Waals surface area (Å²) in [5.41, 5.74) is 5.61. The van der Waals surface area contributed by atoms with Gasteiger partial charge in [0.05, 0.1) is 0 Å². The molecule has 2 rings (SSSR count). The lowest BCUT2D eigenvalue weighted by atomic mass is 10.2. The van der Waals surface area contributed by atoms with Crippen LogP contribution in [0.4, 0.5) is 8.78 Å². The van der Waals surface area contributed by atoms with E-state index < -0.39 is 11.6 Å². The molecule has 0 heterocycles. The zero-order chi connectivity index (χ0) is 12.4. The van der Waals surface area contributed by atoms with E-state index in [0.29, 0.717) is 13.1 Å². The summed E-state index contributed by atoms with van der Waals surface area (Å²) >= 11 is 0. The molecule has 2 N–H and O–H groups in total. The molecule has 1 aromatic carbocycles. The number of amides is 1. The van der Waals surface area contributed by atoms with Crippen LogP contribution in [0.15, 0.2) is 18.2 Å². The van der Waals surface area contributed by atoms with Crippen molar-refractivity contribution in [3.63, 3.8) is 0 Å². The molecule has 0 saturated heterocycles. The van der Waals surface area contributed by atoms with Crippen molar-refractivity contribution in [1.29, 1.82) is 0 Å². The van der Waals surface area contributed by atoms with Crippen LogP contribution in [0.1, 0.15) is 23.2 Å². The summed E-state index contributed by atoms with van der Waals surface area (Å²) in [5.74, 6) is -2.23. The first-order valence-electron chi connectivity index (χ1n) is 5.59. The molecule has 0 aromatic heterocycles. The highest BCUT2D eigenvalue weighted by Gasteiger charge is 2.32. The van der Waals surface area contributed by atoms with Crippen molar-refractivity contribution in [3.05, 3.63) is 35.4 Å². The number of nitrogens with two attached hydrogens (primary N) is 1. The summed E-state index contributed by atoms with van der Waals surface area (Å²) in [7, 11) is 0. The van der Waals surface area contributed by atoms with Gasteiger partial charge in [-0.1, -0.05) is 0 Å². The zero-order valence-electron chi connectivity index (χ0n) is 9.33. The van der Waals surface area contributed by atoms with Crippen LogP contribution in [0.5, 0.6) is 0 Å². The number of halogens is 2. The topological polar surface area (TPSA) is 46.3 Å². The molecular formula is C12H14F2N2O. The molecule has 1 amide bonds. The van der Waals surface area contributed by atoms with Gasteiger partial charge in [0.1, 0.15) is 0 Å². The van der Waals surface area contributed by atoms with Gasteiger partial charge in [-0.25, -0.2) is 8.78 Å². The van der Waals surface area contributed by atoms with Gasteiger partial charge < -0.3 is 10.6 Å². The van der Waals surface area contributed by atoms with Crippen LogP contribution in [0.3, 0.4) is 0 Å². The van der Waals surface area contributed by atoms with Crippen molar-refractivity contribution >= 4 is 5.91 Å². The Morgan fingerprint density at radius 3 is 2.59 bits per heavy atom. The predicted molar refractivity (Wildman–Crippen MR) is 59.5 cm³/mol. The minimum absolute atomic E-state index is 0.171. The van der Waals surface area contributed by atoms with Gasteiger partial charge in [0.2, 0.25) is 0 Å². The van der Waals surface area contributed by atoms with E-state index in [9.17, 15) is 13.6 Å².